The highest BCUT2D eigenvalue weighted by molar-refractivity contribution is 7.13. The Hall–Kier alpha value is -3.26. The average Bonchev–Trinajstić information content (AvgIpc) is 3.44. The molecule has 1 aliphatic rings. The van der Waals surface area contributed by atoms with Crippen LogP contribution in [0.4, 0.5) is 5.69 Å². The van der Waals surface area contributed by atoms with Crippen LogP contribution < -0.4 is 15.4 Å². The first-order chi connectivity index (χ1) is 15.5. The number of hydrogen-bond acceptors (Lipinski definition) is 6. The van der Waals surface area contributed by atoms with E-state index in [2.05, 4.69) is 26.9 Å². The molecule has 1 aliphatic carbocycles. The van der Waals surface area contributed by atoms with Crippen LogP contribution >= 0.6 is 11.3 Å². The predicted octanol–water partition coefficient (Wildman–Crippen LogP) is 4.66. The van der Waals surface area contributed by atoms with E-state index in [0.717, 1.165) is 29.7 Å². The fraction of sp³-hybridized carbons (Fsp3) is 0.333. The zero-order valence-electron chi connectivity index (χ0n) is 18.2. The number of carbonyl (C=O) groups excluding carboxylic acids is 2. The summed E-state index contributed by atoms with van der Waals surface area (Å²) < 4.78 is 5.79. The summed E-state index contributed by atoms with van der Waals surface area (Å²) in [5.41, 5.74) is 3.42. The summed E-state index contributed by atoms with van der Waals surface area (Å²) in [6, 6.07) is 13.1. The zero-order valence-corrected chi connectivity index (χ0v) is 19.0. The van der Waals surface area contributed by atoms with E-state index in [4.69, 9.17) is 4.74 Å². The normalized spacial score (nSPS) is 13.7. The standard InChI is InChI=1S/C24H26N4O3S/c1-15-11-16(2)13-20(12-15)31-14-21-27-28-24(32-21)23(30)26-19-9-7-17(8-10-19)22(29)25-18-5-3-4-6-18/h7-13,18H,3-6,14H2,1-2H3,(H,25,29)(H,26,30). The van der Waals surface area contributed by atoms with Gasteiger partial charge >= 0.3 is 0 Å². The van der Waals surface area contributed by atoms with Crippen molar-refractivity contribution in [3.8, 4) is 5.75 Å². The third-order valence-electron chi connectivity index (χ3n) is 5.31. The van der Waals surface area contributed by atoms with Gasteiger partial charge in [0.05, 0.1) is 0 Å². The van der Waals surface area contributed by atoms with Crippen LogP contribution in [0.2, 0.25) is 0 Å². The van der Waals surface area contributed by atoms with Crippen LogP contribution in [-0.4, -0.2) is 28.1 Å². The highest BCUT2D eigenvalue weighted by atomic mass is 32.1. The molecule has 166 valence electrons. The van der Waals surface area contributed by atoms with Crippen LogP contribution in [0.5, 0.6) is 5.75 Å². The van der Waals surface area contributed by atoms with Gasteiger partial charge in [0.1, 0.15) is 12.4 Å². The summed E-state index contributed by atoms with van der Waals surface area (Å²) in [6.45, 7) is 4.28. The van der Waals surface area contributed by atoms with Gasteiger partial charge in [-0.15, -0.1) is 10.2 Å². The SMILES string of the molecule is Cc1cc(C)cc(OCc2nnc(C(=O)Nc3ccc(C(=O)NC4CCCC4)cc3)s2)c1. The number of carbonyl (C=O) groups is 2. The molecule has 7 nitrogen and oxygen atoms in total. The lowest BCUT2D eigenvalue weighted by Crippen LogP contribution is -2.32. The Morgan fingerprint density at radius 3 is 2.38 bits per heavy atom. The Bertz CT molecular complexity index is 1080. The summed E-state index contributed by atoms with van der Waals surface area (Å²) in [5.74, 6) is 0.344. The number of benzene rings is 2. The van der Waals surface area contributed by atoms with Crippen molar-refractivity contribution in [1.82, 2.24) is 15.5 Å². The van der Waals surface area contributed by atoms with Gasteiger partial charge in [0.15, 0.2) is 5.01 Å². The van der Waals surface area contributed by atoms with Gasteiger partial charge in [-0.2, -0.15) is 0 Å². The highest BCUT2D eigenvalue weighted by Crippen LogP contribution is 2.20. The maximum absolute atomic E-state index is 12.5. The molecule has 1 aromatic heterocycles. The molecule has 1 heterocycles. The quantitative estimate of drug-likeness (QED) is 0.546. The Morgan fingerprint density at radius 1 is 1.00 bits per heavy atom. The number of nitrogens with one attached hydrogen (secondary N) is 2. The van der Waals surface area contributed by atoms with Gasteiger partial charge in [0.2, 0.25) is 5.01 Å². The molecular formula is C24H26N4O3S. The number of aromatic nitrogens is 2. The van der Waals surface area contributed by atoms with E-state index in [1.165, 1.54) is 24.2 Å². The maximum atomic E-state index is 12.5. The molecule has 2 amide bonds. The molecule has 2 aromatic carbocycles. The van der Waals surface area contributed by atoms with Crippen LogP contribution in [0.3, 0.4) is 0 Å². The maximum Gasteiger partial charge on any atom is 0.286 e. The van der Waals surface area contributed by atoms with Crippen molar-refractivity contribution in [2.45, 2.75) is 52.2 Å². The first kappa shape index (κ1) is 22.0. The largest absolute Gasteiger partial charge is 0.486 e. The fourth-order valence-corrected chi connectivity index (χ4v) is 4.44. The second-order valence-corrected chi connectivity index (χ2v) is 9.16. The van der Waals surface area contributed by atoms with Gasteiger partial charge in [-0.25, -0.2) is 0 Å². The van der Waals surface area contributed by atoms with Gasteiger partial charge in [-0.3, -0.25) is 9.59 Å². The summed E-state index contributed by atoms with van der Waals surface area (Å²) in [5, 5.41) is 14.8. The van der Waals surface area contributed by atoms with Crippen molar-refractivity contribution >= 4 is 28.8 Å². The Balaban J connectivity index is 1.31. The molecule has 3 aromatic rings. The van der Waals surface area contributed by atoms with Gasteiger partial charge in [0.25, 0.3) is 11.8 Å². The van der Waals surface area contributed by atoms with E-state index in [1.54, 1.807) is 24.3 Å². The van der Waals surface area contributed by atoms with E-state index in [1.807, 2.05) is 26.0 Å². The van der Waals surface area contributed by atoms with Crippen LogP contribution in [-0.2, 0) is 6.61 Å². The average molecular weight is 451 g/mol. The van der Waals surface area contributed by atoms with E-state index in [-0.39, 0.29) is 29.5 Å². The van der Waals surface area contributed by atoms with Crippen molar-refractivity contribution in [3.05, 3.63) is 69.2 Å². The molecule has 0 bridgehead atoms. The number of hydrogen-bond donors (Lipinski definition) is 2. The fourth-order valence-electron chi connectivity index (χ4n) is 3.79. The second kappa shape index (κ2) is 9.91. The Morgan fingerprint density at radius 2 is 1.69 bits per heavy atom. The van der Waals surface area contributed by atoms with Crippen molar-refractivity contribution in [2.24, 2.45) is 0 Å². The smallest absolute Gasteiger partial charge is 0.286 e. The lowest BCUT2D eigenvalue weighted by Gasteiger charge is -2.12. The van der Waals surface area contributed by atoms with Gasteiger partial charge < -0.3 is 15.4 Å². The van der Waals surface area contributed by atoms with Crippen molar-refractivity contribution in [1.29, 1.82) is 0 Å². The predicted molar refractivity (Wildman–Crippen MR) is 124 cm³/mol. The molecule has 0 atom stereocenters. The van der Waals surface area contributed by atoms with Crippen LogP contribution in [0.15, 0.2) is 42.5 Å². The molecule has 0 unspecified atom stereocenters. The van der Waals surface area contributed by atoms with Crippen LogP contribution in [0, 0.1) is 13.8 Å². The number of amides is 2. The third-order valence-corrected chi connectivity index (χ3v) is 6.21. The minimum Gasteiger partial charge on any atom is -0.486 e. The van der Waals surface area contributed by atoms with E-state index < -0.39 is 0 Å². The molecule has 8 heteroatoms. The molecular weight excluding hydrogens is 424 g/mol. The highest BCUT2D eigenvalue weighted by Gasteiger charge is 2.18. The summed E-state index contributed by atoms with van der Waals surface area (Å²) in [7, 11) is 0. The van der Waals surface area contributed by atoms with Crippen molar-refractivity contribution in [2.75, 3.05) is 5.32 Å². The number of nitrogens with zero attached hydrogens (tertiary/aromatic N) is 2. The first-order valence-electron chi connectivity index (χ1n) is 10.7. The second-order valence-electron chi connectivity index (χ2n) is 8.10. The monoisotopic (exact) mass is 450 g/mol. The summed E-state index contributed by atoms with van der Waals surface area (Å²) in [6.07, 6.45) is 4.42. The topological polar surface area (TPSA) is 93.2 Å². The molecule has 32 heavy (non-hydrogen) atoms. The third kappa shape index (κ3) is 5.70. The van der Waals surface area contributed by atoms with Crippen LogP contribution in [0.25, 0.3) is 0 Å². The van der Waals surface area contributed by atoms with Gasteiger partial charge in [0, 0.05) is 17.3 Å². The van der Waals surface area contributed by atoms with E-state index in [0.29, 0.717) is 16.3 Å². The number of aryl methyl sites for hydroxylation is 2. The molecule has 0 aliphatic heterocycles. The first-order valence-corrected chi connectivity index (χ1v) is 11.5. The van der Waals surface area contributed by atoms with Crippen LogP contribution in [0.1, 0.15) is 62.0 Å². The molecule has 1 fully saturated rings. The molecule has 2 N–H and O–H groups in total. The number of anilines is 1. The lowest BCUT2D eigenvalue weighted by molar-refractivity contribution is 0.0937. The minimum absolute atomic E-state index is 0.0765. The summed E-state index contributed by atoms with van der Waals surface area (Å²) >= 11 is 1.19. The molecule has 1 saturated carbocycles. The van der Waals surface area contributed by atoms with Gasteiger partial charge in [-0.05, 0) is 74.2 Å². The Labute approximate surface area is 191 Å². The van der Waals surface area contributed by atoms with E-state index >= 15 is 0 Å². The molecule has 0 spiro atoms. The molecule has 0 radical (unpaired) electrons. The van der Waals surface area contributed by atoms with Crippen molar-refractivity contribution in [3.63, 3.8) is 0 Å². The van der Waals surface area contributed by atoms with E-state index in [9.17, 15) is 9.59 Å². The summed E-state index contributed by atoms with van der Waals surface area (Å²) in [4.78, 5) is 24.8. The lowest BCUT2D eigenvalue weighted by atomic mass is 10.1. The molecule has 4 rings (SSSR count). The minimum atomic E-state index is -0.344. The Kier molecular flexibility index (Phi) is 6.80. The molecule has 0 saturated heterocycles. The zero-order chi connectivity index (χ0) is 22.5. The van der Waals surface area contributed by atoms with Gasteiger partial charge in [-0.1, -0.05) is 30.2 Å². The number of ether oxygens (including phenoxy) is 1. The number of rotatable bonds is 7. The van der Waals surface area contributed by atoms with Crippen molar-refractivity contribution < 1.29 is 14.3 Å².